The maximum atomic E-state index is 12.4. The van der Waals surface area contributed by atoms with Crippen LogP contribution >= 0.6 is 0 Å². The molecule has 1 aliphatic carbocycles. The molecule has 1 fully saturated rings. The lowest BCUT2D eigenvalue weighted by Gasteiger charge is -2.19. The van der Waals surface area contributed by atoms with Crippen LogP contribution < -0.4 is 5.32 Å². The zero-order chi connectivity index (χ0) is 16.7. The van der Waals surface area contributed by atoms with E-state index in [1.807, 2.05) is 18.2 Å². The second kappa shape index (κ2) is 8.23. The number of carbonyl (C=O) groups excluding carboxylic acids is 1. The van der Waals surface area contributed by atoms with Crippen molar-refractivity contribution in [1.82, 2.24) is 0 Å². The summed E-state index contributed by atoms with van der Waals surface area (Å²) >= 11 is 0. The van der Waals surface area contributed by atoms with Gasteiger partial charge in [0.05, 0.1) is 12.7 Å². The first-order valence-electron chi connectivity index (χ1n) is 7.75. The highest BCUT2D eigenvalue weighted by Crippen LogP contribution is 2.38. The molecule has 124 valence electrons. The molecule has 1 aliphatic rings. The molecule has 23 heavy (non-hydrogen) atoms. The molecule has 1 aromatic carbocycles. The maximum absolute atomic E-state index is 12.4. The van der Waals surface area contributed by atoms with Crippen LogP contribution in [-0.2, 0) is 26.1 Å². The van der Waals surface area contributed by atoms with Crippen LogP contribution in [0.25, 0.3) is 0 Å². The summed E-state index contributed by atoms with van der Waals surface area (Å²) in [4.78, 5) is 12.4. The second-order valence-corrected chi connectivity index (χ2v) is 7.41. The Balaban J connectivity index is 2.01. The Morgan fingerprint density at radius 2 is 2.17 bits per heavy atom. The highest BCUT2D eigenvalue weighted by molar-refractivity contribution is 7.84. The number of nitriles is 1. The zero-order valence-electron chi connectivity index (χ0n) is 13.3. The average molecular weight is 334 g/mol. The quantitative estimate of drug-likeness (QED) is 0.831. The van der Waals surface area contributed by atoms with Crippen molar-refractivity contribution in [1.29, 1.82) is 5.26 Å². The standard InChI is InChI=1S/C17H22N2O3S/c1-22-9-10-23(21)12-14-5-4-6-15(11-14)19-16(20)17(13-18)7-2-3-8-17/h4-6,11H,2-3,7-10,12H2,1H3,(H,19,20)/t23-/m1/s1. The second-order valence-electron chi connectivity index (χ2n) is 5.84. The van der Waals surface area contributed by atoms with E-state index in [0.29, 0.717) is 36.6 Å². The van der Waals surface area contributed by atoms with Gasteiger partial charge in [-0.25, -0.2) is 0 Å². The average Bonchev–Trinajstić information content (AvgIpc) is 3.03. The Morgan fingerprint density at radius 3 is 2.83 bits per heavy atom. The van der Waals surface area contributed by atoms with Gasteiger partial charge < -0.3 is 10.1 Å². The molecule has 0 radical (unpaired) electrons. The summed E-state index contributed by atoms with van der Waals surface area (Å²) < 4.78 is 16.8. The molecule has 1 amide bonds. The number of nitrogens with zero attached hydrogens (tertiary/aromatic N) is 1. The van der Waals surface area contributed by atoms with Gasteiger partial charge in [-0.05, 0) is 30.5 Å². The molecular formula is C17H22N2O3S. The van der Waals surface area contributed by atoms with E-state index in [1.54, 1.807) is 13.2 Å². The molecule has 5 nitrogen and oxygen atoms in total. The third kappa shape index (κ3) is 4.63. The monoisotopic (exact) mass is 334 g/mol. The van der Waals surface area contributed by atoms with Gasteiger partial charge in [-0.3, -0.25) is 9.00 Å². The van der Waals surface area contributed by atoms with Crippen LogP contribution in [0.1, 0.15) is 31.2 Å². The maximum Gasteiger partial charge on any atom is 0.244 e. The molecule has 0 spiro atoms. The van der Waals surface area contributed by atoms with Gasteiger partial charge in [0, 0.05) is 35.1 Å². The molecule has 0 bridgehead atoms. The van der Waals surface area contributed by atoms with Gasteiger partial charge in [0.2, 0.25) is 5.91 Å². The molecule has 1 saturated carbocycles. The largest absolute Gasteiger partial charge is 0.384 e. The van der Waals surface area contributed by atoms with E-state index in [1.165, 1.54) is 0 Å². The highest BCUT2D eigenvalue weighted by Gasteiger charge is 2.41. The molecule has 2 rings (SSSR count). The van der Waals surface area contributed by atoms with Crippen LogP contribution in [0, 0.1) is 16.7 Å². The van der Waals surface area contributed by atoms with Crippen molar-refractivity contribution in [2.24, 2.45) is 5.41 Å². The zero-order valence-corrected chi connectivity index (χ0v) is 14.2. The topological polar surface area (TPSA) is 79.2 Å². The predicted octanol–water partition coefficient (Wildman–Crippen LogP) is 2.60. The lowest BCUT2D eigenvalue weighted by Crippen LogP contribution is -2.32. The van der Waals surface area contributed by atoms with E-state index in [2.05, 4.69) is 11.4 Å². The molecule has 0 saturated heterocycles. The van der Waals surface area contributed by atoms with Crippen LogP contribution in [0.15, 0.2) is 24.3 Å². The number of rotatable bonds is 7. The predicted molar refractivity (Wildman–Crippen MR) is 90.2 cm³/mol. The van der Waals surface area contributed by atoms with E-state index in [9.17, 15) is 14.3 Å². The SMILES string of the molecule is COCC[S@@](=O)Cc1cccc(NC(=O)C2(C#N)CCCC2)c1. The highest BCUT2D eigenvalue weighted by atomic mass is 32.2. The van der Waals surface area contributed by atoms with Gasteiger partial charge in [0.25, 0.3) is 0 Å². The molecular weight excluding hydrogens is 312 g/mol. The van der Waals surface area contributed by atoms with E-state index in [4.69, 9.17) is 4.74 Å². The van der Waals surface area contributed by atoms with Crippen LogP contribution in [0.5, 0.6) is 0 Å². The summed E-state index contributed by atoms with van der Waals surface area (Å²) in [5.41, 5.74) is 0.657. The van der Waals surface area contributed by atoms with Gasteiger partial charge >= 0.3 is 0 Å². The minimum Gasteiger partial charge on any atom is -0.384 e. The minimum absolute atomic E-state index is 0.227. The number of nitrogens with one attached hydrogen (secondary N) is 1. The molecule has 1 aromatic rings. The van der Waals surface area contributed by atoms with Crippen molar-refractivity contribution in [2.75, 3.05) is 24.8 Å². The number of anilines is 1. The first-order chi connectivity index (χ1) is 11.1. The number of hydrogen-bond acceptors (Lipinski definition) is 4. The van der Waals surface area contributed by atoms with Gasteiger partial charge in [-0.1, -0.05) is 25.0 Å². The smallest absolute Gasteiger partial charge is 0.244 e. The lowest BCUT2D eigenvalue weighted by atomic mass is 9.87. The van der Waals surface area contributed by atoms with Gasteiger partial charge in [-0.15, -0.1) is 0 Å². The van der Waals surface area contributed by atoms with Crippen LogP contribution in [0.2, 0.25) is 0 Å². The Bertz CT molecular complexity index is 619. The van der Waals surface area contributed by atoms with E-state index in [-0.39, 0.29) is 5.91 Å². The van der Waals surface area contributed by atoms with Crippen molar-refractivity contribution in [3.63, 3.8) is 0 Å². The summed E-state index contributed by atoms with van der Waals surface area (Å²) in [5.74, 6) is 0.691. The van der Waals surface area contributed by atoms with E-state index >= 15 is 0 Å². The fourth-order valence-electron chi connectivity index (χ4n) is 2.79. The number of carbonyl (C=O) groups is 1. The summed E-state index contributed by atoms with van der Waals surface area (Å²) in [6.45, 7) is 0.466. The molecule has 0 unspecified atom stereocenters. The Hall–Kier alpha value is -1.71. The lowest BCUT2D eigenvalue weighted by molar-refractivity contribution is -0.122. The summed E-state index contributed by atoms with van der Waals surface area (Å²) in [6.07, 6.45) is 3.07. The van der Waals surface area contributed by atoms with E-state index in [0.717, 1.165) is 18.4 Å². The van der Waals surface area contributed by atoms with Crippen molar-refractivity contribution in [3.05, 3.63) is 29.8 Å². The van der Waals surface area contributed by atoms with Crippen molar-refractivity contribution in [3.8, 4) is 6.07 Å². The summed E-state index contributed by atoms with van der Waals surface area (Å²) in [7, 11) is 0.591. The number of amides is 1. The van der Waals surface area contributed by atoms with Crippen LogP contribution in [0.3, 0.4) is 0 Å². The number of methoxy groups -OCH3 is 1. The summed E-state index contributed by atoms with van der Waals surface area (Å²) in [5, 5.41) is 12.2. The minimum atomic E-state index is -0.994. The Kier molecular flexibility index (Phi) is 6.31. The molecule has 0 aromatic heterocycles. The normalized spacial score (nSPS) is 17.4. The first-order valence-corrected chi connectivity index (χ1v) is 9.24. The van der Waals surface area contributed by atoms with Crippen LogP contribution in [0.4, 0.5) is 5.69 Å². The van der Waals surface area contributed by atoms with Gasteiger partial charge in [0.15, 0.2) is 0 Å². The fourth-order valence-corrected chi connectivity index (χ4v) is 3.84. The van der Waals surface area contributed by atoms with Gasteiger partial charge in [-0.2, -0.15) is 5.26 Å². The molecule has 6 heteroatoms. The molecule has 1 atom stereocenters. The van der Waals surface area contributed by atoms with Crippen molar-refractivity contribution >= 4 is 22.4 Å². The third-order valence-electron chi connectivity index (χ3n) is 4.13. The van der Waals surface area contributed by atoms with Crippen molar-refractivity contribution in [2.45, 2.75) is 31.4 Å². The molecule has 1 N–H and O–H groups in total. The fraction of sp³-hybridized carbons (Fsp3) is 0.529. The number of hydrogen-bond donors (Lipinski definition) is 1. The van der Waals surface area contributed by atoms with Gasteiger partial charge in [0.1, 0.15) is 5.41 Å². The van der Waals surface area contributed by atoms with Crippen molar-refractivity contribution < 1.29 is 13.7 Å². The van der Waals surface area contributed by atoms with E-state index < -0.39 is 16.2 Å². The Morgan fingerprint density at radius 1 is 1.43 bits per heavy atom. The number of ether oxygens (including phenoxy) is 1. The molecule has 0 aliphatic heterocycles. The molecule has 0 heterocycles. The first kappa shape index (κ1) is 17.6. The Labute approximate surface area is 139 Å². The third-order valence-corrected chi connectivity index (χ3v) is 5.41. The van der Waals surface area contributed by atoms with Crippen LogP contribution in [-0.4, -0.2) is 29.6 Å². The summed E-state index contributed by atoms with van der Waals surface area (Å²) in [6, 6.07) is 9.52. The number of benzene rings is 1.